The maximum atomic E-state index is 6.39. The van der Waals surface area contributed by atoms with Gasteiger partial charge in [-0.1, -0.05) is 0 Å². The molecule has 2 rings (SSSR count). The van der Waals surface area contributed by atoms with E-state index in [2.05, 4.69) is 0 Å². The Hall–Kier alpha value is -0.837. The normalized spacial score (nSPS) is 13.0. The Labute approximate surface area is 170 Å². The van der Waals surface area contributed by atoms with Gasteiger partial charge in [0.2, 0.25) is 0 Å². The standard InChI is InChI=1S/2C7H7O.2C4H9O.Zr/c2*8-6-7-4-2-1-3-5-7;2*1-4(2,3)5;/h2*1-5H,6H2;2*1-3H3;/q4*-1;+4. The van der Waals surface area contributed by atoms with Gasteiger partial charge in [-0.2, -0.15) is 0 Å². The van der Waals surface area contributed by atoms with Crippen molar-refractivity contribution in [1.29, 1.82) is 0 Å². The number of rotatable bonds is 8. The van der Waals surface area contributed by atoms with E-state index in [4.69, 9.17) is 11.3 Å². The summed E-state index contributed by atoms with van der Waals surface area (Å²) in [6, 6.07) is 20.1. The van der Waals surface area contributed by atoms with Crippen molar-refractivity contribution >= 4 is 0 Å². The molecule has 0 heterocycles. The van der Waals surface area contributed by atoms with E-state index in [1.807, 2.05) is 102 Å². The second kappa shape index (κ2) is 9.58. The fraction of sp³-hybridized carbons (Fsp3) is 0.455. The Balaban J connectivity index is 2.25. The average molecular weight is 452 g/mol. The molecule has 0 aliphatic rings. The van der Waals surface area contributed by atoms with Crippen molar-refractivity contribution in [2.75, 3.05) is 0 Å². The molecule has 0 saturated heterocycles. The van der Waals surface area contributed by atoms with Crippen LogP contribution in [0.1, 0.15) is 52.7 Å². The first-order valence-corrected chi connectivity index (χ1v) is 13.3. The molecule has 0 radical (unpaired) electrons. The van der Waals surface area contributed by atoms with Crippen LogP contribution in [0.5, 0.6) is 0 Å². The van der Waals surface area contributed by atoms with Crippen LogP contribution in [0.2, 0.25) is 0 Å². The van der Waals surface area contributed by atoms with Gasteiger partial charge in [0.25, 0.3) is 0 Å². The van der Waals surface area contributed by atoms with Crippen LogP contribution in [0, 0.1) is 0 Å². The molecule has 4 nitrogen and oxygen atoms in total. The molecule has 148 valence electrons. The second-order valence-electron chi connectivity index (χ2n) is 8.48. The first-order chi connectivity index (χ1) is 12.6. The quantitative estimate of drug-likeness (QED) is 0.503. The van der Waals surface area contributed by atoms with Crippen molar-refractivity contribution in [3.8, 4) is 0 Å². The predicted molar refractivity (Wildman–Crippen MR) is 104 cm³/mol. The molecule has 2 aromatic carbocycles. The van der Waals surface area contributed by atoms with E-state index in [1.54, 1.807) is 0 Å². The molecule has 0 N–H and O–H groups in total. The van der Waals surface area contributed by atoms with Crippen molar-refractivity contribution in [3.05, 3.63) is 71.8 Å². The monoisotopic (exact) mass is 450 g/mol. The van der Waals surface area contributed by atoms with Crippen molar-refractivity contribution in [2.24, 2.45) is 0 Å². The van der Waals surface area contributed by atoms with Gasteiger partial charge >= 0.3 is 171 Å². The van der Waals surface area contributed by atoms with Crippen LogP contribution in [0.15, 0.2) is 60.7 Å². The van der Waals surface area contributed by atoms with Crippen molar-refractivity contribution < 1.29 is 33.3 Å². The fourth-order valence-electron chi connectivity index (χ4n) is 2.42. The van der Waals surface area contributed by atoms with Gasteiger partial charge in [0, 0.05) is 0 Å². The zero-order chi connectivity index (χ0) is 20.0. The van der Waals surface area contributed by atoms with Gasteiger partial charge in [0.05, 0.1) is 0 Å². The molecule has 0 aromatic heterocycles. The molecule has 0 unspecified atom stereocenters. The summed E-state index contributed by atoms with van der Waals surface area (Å²) in [5.41, 5.74) is 1.26. The van der Waals surface area contributed by atoms with Gasteiger partial charge in [-0.3, -0.25) is 0 Å². The Morgan fingerprint density at radius 2 is 0.926 bits per heavy atom. The van der Waals surface area contributed by atoms with E-state index < -0.39 is 33.2 Å². The van der Waals surface area contributed by atoms with Crippen LogP contribution in [0.25, 0.3) is 0 Å². The number of benzene rings is 2. The number of hydrogen-bond donors (Lipinski definition) is 0. The molecule has 0 spiro atoms. The van der Waals surface area contributed by atoms with E-state index in [1.165, 1.54) is 0 Å². The van der Waals surface area contributed by atoms with Crippen molar-refractivity contribution in [3.63, 3.8) is 0 Å². The molecule has 2 aromatic rings. The van der Waals surface area contributed by atoms with Gasteiger partial charge in [-0.25, -0.2) is 0 Å². The summed E-state index contributed by atoms with van der Waals surface area (Å²) in [5, 5.41) is 0. The molecule has 0 atom stereocenters. The molecule has 0 saturated carbocycles. The zero-order valence-corrected chi connectivity index (χ0v) is 19.8. The van der Waals surface area contributed by atoms with Gasteiger partial charge in [-0.05, 0) is 0 Å². The molecule has 0 bridgehead atoms. The molecule has 0 fully saturated rings. The van der Waals surface area contributed by atoms with Gasteiger partial charge in [-0.15, -0.1) is 0 Å². The molecule has 0 aliphatic carbocycles. The zero-order valence-electron chi connectivity index (χ0n) is 17.3. The summed E-state index contributed by atoms with van der Waals surface area (Å²) < 4.78 is 25.4. The maximum absolute atomic E-state index is 6.39. The third kappa shape index (κ3) is 8.80. The molecule has 0 aliphatic heterocycles. The van der Waals surface area contributed by atoms with E-state index in [-0.39, 0.29) is 0 Å². The summed E-state index contributed by atoms with van der Waals surface area (Å²) in [6.45, 7) is 12.8. The Bertz CT molecular complexity index is 613. The minimum atomic E-state index is -4.36. The molecule has 5 heteroatoms. The van der Waals surface area contributed by atoms with Crippen molar-refractivity contribution in [2.45, 2.75) is 66.0 Å². The van der Waals surface area contributed by atoms with E-state index in [0.717, 1.165) is 11.1 Å². The summed E-state index contributed by atoms with van der Waals surface area (Å²) in [7, 11) is 0. The molecule has 0 amide bonds. The average Bonchev–Trinajstić information content (AvgIpc) is 2.57. The summed E-state index contributed by atoms with van der Waals surface area (Å²) in [4.78, 5) is 0. The van der Waals surface area contributed by atoms with Gasteiger partial charge < -0.3 is 0 Å². The Morgan fingerprint density at radius 1 is 0.593 bits per heavy atom. The molecular formula is C22H32O4Zr. The van der Waals surface area contributed by atoms with E-state index in [9.17, 15) is 0 Å². The van der Waals surface area contributed by atoms with E-state index >= 15 is 0 Å². The topological polar surface area (TPSA) is 36.9 Å². The first-order valence-electron chi connectivity index (χ1n) is 9.33. The third-order valence-corrected chi connectivity index (χ3v) is 10.1. The fourth-order valence-corrected chi connectivity index (χ4v) is 8.68. The van der Waals surface area contributed by atoms with Gasteiger partial charge in [0.15, 0.2) is 0 Å². The van der Waals surface area contributed by atoms with Crippen molar-refractivity contribution in [1.82, 2.24) is 0 Å². The molecular weight excluding hydrogens is 419 g/mol. The van der Waals surface area contributed by atoms with Crippen LogP contribution in [-0.2, 0) is 46.5 Å². The third-order valence-electron chi connectivity index (χ3n) is 3.38. The Morgan fingerprint density at radius 3 is 1.22 bits per heavy atom. The second-order valence-corrected chi connectivity index (χ2v) is 13.4. The van der Waals surface area contributed by atoms with E-state index in [0.29, 0.717) is 13.2 Å². The molecule has 27 heavy (non-hydrogen) atoms. The van der Waals surface area contributed by atoms with Gasteiger partial charge in [0.1, 0.15) is 0 Å². The van der Waals surface area contributed by atoms with Crippen LogP contribution < -0.4 is 0 Å². The first kappa shape index (κ1) is 22.5. The SMILES string of the molecule is CC(C)(C)[O][Zr]([O]Cc1ccccc1)([O]Cc1ccccc1)[O]C(C)(C)C. The minimum absolute atomic E-state index is 0.401. The van der Waals surface area contributed by atoms with Crippen LogP contribution in [-0.4, -0.2) is 11.2 Å². The summed E-state index contributed by atoms with van der Waals surface area (Å²) in [6.07, 6.45) is 0. The van der Waals surface area contributed by atoms with Crippen LogP contribution >= 0.6 is 0 Å². The van der Waals surface area contributed by atoms with Crippen LogP contribution in [0.4, 0.5) is 0 Å². The summed E-state index contributed by atoms with van der Waals surface area (Å²) in [5.74, 6) is 0. The summed E-state index contributed by atoms with van der Waals surface area (Å²) >= 11 is -4.36. The number of hydrogen-bond acceptors (Lipinski definition) is 4. The Kier molecular flexibility index (Phi) is 7.97. The predicted octanol–water partition coefficient (Wildman–Crippen LogP) is 5.86. The van der Waals surface area contributed by atoms with Crippen LogP contribution in [0.3, 0.4) is 0 Å².